The average molecular weight is 969 g/mol. The summed E-state index contributed by atoms with van der Waals surface area (Å²) >= 11 is 0. The molecule has 4 nitrogen and oxygen atoms in total. The van der Waals surface area contributed by atoms with Crippen LogP contribution in [-0.4, -0.2) is 20.4 Å². The first-order valence-corrected chi connectivity index (χ1v) is 27.7. The summed E-state index contributed by atoms with van der Waals surface area (Å²) in [5.74, 6) is 3.96. The number of phenols is 4. The molecule has 0 amide bonds. The van der Waals surface area contributed by atoms with Gasteiger partial charge in [-0.2, -0.15) is 0 Å². The van der Waals surface area contributed by atoms with Crippen molar-refractivity contribution in [2.75, 3.05) is 0 Å². The number of phenolic OH excluding ortho intramolecular Hbond substituents is 4. The largest absolute Gasteiger partial charge is 0.507 e. The van der Waals surface area contributed by atoms with Crippen molar-refractivity contribution in [3.8, 4) is 67.5 Å². The van der Waals surface area contributed by atoms with Gasteiger partial charge in [-0.05, 0) is 251 Å². The van der Waals surface area contributed by atoms with Crippen LogP contribution in [0.15, 0.2) is 170 Å². The van der Waals surface area contributed by atoms with Crippen LogP contribution in [0.3, 0.4) is 0 Å². The monoisotopic (exact) mass is 968 g/mol. The molecule has 24 bridgehead atoms. The zero-order valence-corrected chi connectivity index (χ0v) is 42.2. The van der Waals surface area contributed by atoms with E-state index < -0.39 is 0 Å². The minimum absolute atomic E-state index is 0.124. The lowest BCUT2D eigenvalue weighted by Gasteiger charge is -2.63. The van der Waals surface area contributed by atoms with Gasteiger partial charge in [-0.3, -0.25) is 0 Å². The lowest BCUT2D eigenvalue weighted by Crippen LogP contribution is -2.55. The Hall–Kier alpha value is -7.04. The van der Waals surface area contributed by atoms with Crippen molar-refractivity contribution in [2.24, 2.45) is 23.7 Å². The van der Waals surface area contributed by atoms with E-state index in [-0.39, 0.29) is 44.7 Å². The summed E-state index contributed by atoms with van der Waals surface area (Å²) in [5, 5.41) is 45.4. The average Bonchev–Trinajstić information content (AvgIpc) is 3.42. The molecule has 4 heteroatoms. The summed E-state index contributed by atoms with van der Waals surface area (Å²) in [7, 11) is 0. The van der Waals surface area contributed by atoms with E-state index in [2.05, 4.69) is 121 Å². The fourth-order valence-corrected chi connectivity index (χ4v) is 18.1. The number of aromatic hydroxyl groups is 4. The van der Waals surface area contributed by atoms with Gasteiger partial charge in [-0.25, -0.2) is 0 Å². The molecule has 0 atom stereocenters. The molecular weight excluding hydrogens is 905 g/mol. The van der Waals surface area contributed by atoms with Crippen molar-refractivity contribution in [2.45, 2.75) is 112 Å². The van der Waals surface area contributed by atoms with E-state index in [9.17, 15) is 20.4 Å². The number of hydrogen-bond acceptors (Lipinski definition) is 4. The summed E-state index contributed by atoms with van der Waals surface area (Å²) in [5.41, 5.74) is 18.2. The van der Waals surface area contributed by atoms with Crippen LogP contribution in [0.25, 0.3) is 44.5 Å². The van der Waals surface area contributed by atoms with Gasteiger partial charge in [0.25, 0.3) is 0 Å². The van der Waals surface area contributed by atoms with Crippen molar-refractivity contribution in [1.29, 1.82) is 0 Å². The molecular formula is C70H64O4. The van der Waals surface area contributed by atoms with Gasteiger partial charge in [0.1, 0.15) is 23.0 Å². The van der Waals surface area contributed by atoms with E-state index in [0.717, 1.165) is 79.6 Å². The zero-order chi connectivity index (χ0) is 49.6. The Morgan fingerprint density at radius 1 is 0.270 bits per heavy atom. The molecule has 8 aromatic carbocycles. The van der Waals surface area contributed by atoms with Gasteiger partial charge in [0.15, 0.2) is 0 Å². The third kappa shape index (κ3) is 7.14. The van der Waals surface area contributed by atoms with Crippen LogP contribution in [0.2, 0.25) is 0 Å². The lowest BCUT2D eigenvalue weighted by atomic mass is 9.41. The molecule has 74 heavy (non-hydrogen) atoms. The molecule has 4 N–H and O–H groups in total. The van der Waals surface area contributed by atoms with Crippen molar-refractivity contribution in [3.63, 3.8) is 0 Å². The Morgan fingerprint density at radius 3 is 0.703 bits per heavy atom. The highest BCUT2D eigenvalue weighted by atomic mass is 16.3. The van der Waals surface area contributed by atoms with Crippen molar-refractivity contribution in [1.82, 2.24) is 0 Å². The third-order valence-corrected chi connectivity index (χ3v) is 20.4. The maximum absolute atomic E-state index is 11.3. The molecule has 8 fully saturated rings. The zero-order valence-electron chi connectivity index (χ0n) is 42.2. The second-order valence-electron chi connectivity index (χ2n) is 25.1. The fraction of sp³-hybridized carbons (Fsp3) is 0.314. The molecule has 15 aliphatic rings. The highest BCUT2D eigenvalue weighted by Gasteiger charge is 2.60. The number of hydrogen-bond donors (Lipinski definition) is 4. The second-order valence-corrected chi connectivity index (χ2v) is 25.1. The minimum atomic E-state index is 0.124. The predicted octanol–water partition coefficient (Wildman–Crippen LogP) is 16.3. The lowest BCUT2D eigenvalue weighted by molar-refractivity contribution is -0.0282. The first-order chi connectivity index (χ1) is 36.0. The van der Waals surface area contributed by atoms with Crippen LogP contribution in [-0.2, 0) is 34.5 Å². The maximum atomic E-state index is 11.3. The van der Waals surface area contributed by atoms with Crippen LogP contribution in [0.4, 0.5) is 0 Å². The molecule has 8 saturated carbocycles. The first kappa shape index (κ1) is 44.4. The van der Waals surface area contributed by atoms with E-state index >= 15 is 0 Å². The summed E-state index contributed by atoms with van der Waals surface area (Å²) in [6, 6.07) is 60.9. The molecule has 0 aromatic heterocycles. The smallest absolute Gasteiger partial charge is 0.123 e. The van der Waals surface area contributed by atoms with Crippen LogP contribution >= 0.6 is 0 Å². The Morgan fingerprint density at radius 2 is 0.486 bits per heavy atom. The van der Waals surface area contributed by atoms with Crippen molar-refractivity contribution < 1.29 is 20.4 Å². The van der Waals surface area contributed by atoms with Gasteiger partial charge in [-0.15, -0.1) is 0 Å². The number of benzene rings is 8. The van der Waals surface area contributed by atoms with Gasteiger partial charge in [-0.1, -0.05) is 121 Å². The van der Waals surface area contributed by atoms with E-state index in [1.807, 2.05) is 48.5 Å². The standard InChI is InChI=1S/C70H64O4/c71-63-21-1-43-25-44-2-22-64(72)60(30-44)52-7-15-56(16-8-52)69-37-49-28-50(38-69)40-70(39-49,42-69)58-19-11-54(12-20-58)62-32-46(4-24-66(62)74)26-45-3-23-65(73)61(31-45)53-9-17-57(18-10-53)68-35-47-27-48(36-68)34-67(33-47,41-68)55-13-5-51(6-14-55)59(63)29-43/h1-24,29-32,47-50,71-74H,25-28,33-42H2. The Labute approximate surface area is 435 Å². The van der Waals surface area contributed by atoms with E-state index in [1.165, 1.54) is 86.5 Å². The molecule has 0 radical (unpaired) electrons. The molecule has 15 aliphatic carbocycles. The highest BCUT2D eigenvalue weighted by molar-refractivity contribution is 5.75. The molecule has 23 rings (SSSR count). The van der Waals surface area contributed by atoms with Crippen molar-refractivity contribution >= 4 is 0 Å². The summed E-state index contributed by atoms with van der Waals surface area (Å²) in [6.07, 6.45) is 16.2. The molecule has 0 saturated heterocycles. The van der Waals surface area contributed by atoms with Gasteiger partial charge in [0.2, 0.25) is 0 Å². The van der Waals surface area contributed by atoms with Gasteiger partial charge in [0, 0.05) is 22.3 Å². The van der Waals surface area contributed by atoms with E-state index in [1.54, 1.807) is 0 Å². The predicted molar refractivity (Wildman–Crippen MR) is 296 cm³/mol. The highest BCUT2D eigenvalue weighted by Crippen LogP contribution is 2.68. The summed E-state index contributed by atoms with van der Waals surface area (Å²) in [4.78, 5) is 0. The summed E-state index contributed by atoms with van der Waals surface area (Å²) < 4.78 is 0. The van der Waals surface area contributed by atoms with Crippen LogP contribution in [0.5, 0.6) is 23.0 Å². The minimum Gasteiger partial charge on any atom is -0.507 e. The summed E-state index contributed by atoms with van der Waals surface area (Å²) in [6.45, 7) is 0. The van der Waals surface area contributed by atoms with Gasteiger partial charge >= 0.3 is 0 Å². The van der Waals surface area contributed by atoms with Gasteiger partial charge < -0.3 is 20.4 Å². The quantitative estimate of drug-likeness (QED) is 0.122. The number of rotatable bonds is 0. The Balaban J connectivity index is 0.812. The van der Waals surface area contributed by atoms with Crippen LogP contribution in [0, 0.1) is 23.7 Å². The molecule has 368 valence electrons. The second kappa shape index (κ2) is 16.2. The molecule has 0 heterocycles. The normalized spacial score (nSPS) is 28.8. The molecule has 0 unspecified atom stereocenters. The topological polar surface area (TPSA) is 80.9 Å². The van der Waals surface area contributed by atoms with Gasteiger partial charge in [0.05, 0.1) is 0 Å². The maximum Gasteiger partial charge on any atom is 0.123 e. The SMILES string of the molecule is Oc1ccc2cc1-c1ccc(cc1)C13CC4CC(C1)CC(C4)(C3)c1ccc(cc1)-c1cc(ccc1O)Cc1ccc(O)c(c1)-c1ccc(cc1)C13CC4CC(CC(C4)(C1)c1ccc(cc1)-c1cc(ccc1O)C2)C3. The van der Waals surface area contributed by atoms with E-state index in [4.69, 9.17) is 0 Å². The molecule has 4 spiro atoms. The van der Waals surface area contributed by atoms with Crippen LogP contribution in [0.1, 0.15) is 122 Å². The Bertz CT molecular complexity index is 3040. The van der Waals surface area contributed by atoms with Crippen LogP contribution < -0.4 is 0 Å². The fourth-order valence-electron chi connectivity index (χ4n) is 18.1. The van der Waals surface area contributed by atoms with Crippen molar-refractivity contribution in [3.05, 3.63) is 214 Å². The van der Waals surface area contributed by atoms with E-state index in [0.29, 0.717) is 36.5 Å². The molecule has 8 aromatic rings. The molecule has 0 aliphatic heterocycles. The first-order valence-electron chi connectivity index (χ1n) is 27.7. The third-order valence-electron chi connectivity index (χ3n) is 20.4. The Kier molecular flexibility index (Phi) is 9.75.